The Morgan fingerprint density at radius 3 is 2.60 bits per heavy atom. The molecule has 13 heteroatoms. The van der Waals surface area contributed by atoms with Crippen LogP contribution in [0.25, 0.3) is 11.3 Å². The van der Waals surface area contributed by atoms with Gasteiger partial charge in [-0.25, -0.2) is 28.1 Å². The van der Waals surface area contributed by atoms with Crippen LogP contribution in [0.4, 0.5) is 19.0 Å². The van der Waals surface area contributed by atoms with E-state index in [9.17, 15) is 22.8 Å². The van der Waals surface area contributed by atoms with Gasteiger partial charge in [0.25, 0.3) is 11.8 Å². The molecule has 0 radical (unpaired) electrons. The number of carbonyl (C=O) groups excluding carboxylic acids is 2. The summed E-state index contributed by atoms with van der Waals surface area (Å²) in [5, 5.41) is 2.43. The van der Waals surface area contributed by atoms with Crippen molar-refractivity contribution in [2.75, 3.05) is 18.6 Å². The molecule has 40 heavy (non-hydrogen) atoms. The molecule has 1 aliphatic rings. The Morgan fingerprint density at radius 1 is 1.10 bits per heavy atom. The molecule has 0 saturated heterocycles. The van der Waals surface area contributed by atoms with Gasteiger partial charge in [-0.15, -0.1) is 0 Å². The molecule has 0 spiro atoms. The Kier molecular flexibility index (Phi) is 7.52. The summed E-state index contributed by atoms with van der Waals surface area (Å²) in [6.45, 7) is -0.329. The van der Waals surface area contributed by atoms with Gasteiger partial charge < -0.3 is 14.8 Å². The minimum atomic E-state index is -1.26. The maximum atomic E-state index is 14.4. The van der Waals surface area contributed by atoms with Gasteiger partial charge in [-0.2, -0.15) is 0 Å². The first kappa shape index (κ1) is 26.9. The van der Waals surface area contributed by atoms with E-state index in [2.05, 4.69) is 20.3 Å². The summed E-state index contributed by atoms with van der Waals surface area (Å²) in [6.07, 6.45) is 2.04. The summed E-state index contributed by atoms with van der Waals surface area (Å²) in [5.41, 5.74) is 0.409. The van der Waals surface area contributed by atoms with Crippen molar-refractivity contribution in [2.24, 2.45) is 0 Å². The molecule has 5 rings (SSSR count). The van der Waals surface area contributed by atoms with Crippen LogP contribution in [0, 0.1) is 17.5 Å². The topological polar surface area (TPSA) is 107 Å². The highest BCUT2D eigenvalue weighted by Crippen LogP contribution is 2.32. The molecule has 1 aliphatic heterocycles. The van der Waals surface area contributed by atoms with E-state index in [-0.39, 0.29) is 41.0 Å². The van der Waals surface area contributed by atoms with Crippen LogP contribution in [-0.4, -0.2) is 46.5 Å². The smallest absolute Gasteiger partial charge is 0.289 e. The van der Waals surface area contributed by atoms with E-state index < -0.39 is 41.1 Å². The first-order chi connectivity index (χ1) is 19.2. The Labute approximate surface area is 230 Å². The average molecular weight is 570 g/mol. The molecule has 1 N–H and O–H groups in total. The summed E-state index contributed by atoms with van der Waals surface area (Å²) >= 11 is 6.12. The molecule has 0 fully saturated rings. The second-order valence-corrected chi connectivity index (χ2v) is 9.01. The number of anilines is 1. The number of halogens is 4. The number of fused-ring (bicyclic) bond motifs is 1. The van der Waals surface area contributed by atoms with Crippen molar-refractivity contribution in [3.05, 3.63) is 94.8 Å². The van der Waals surface area contributed by atoms with Gasteiger partial charge in [-0.3, -0.25) is 14.5 Å². The molecule has 204 valence electrons. The number of methoxy groups -OCH3 is 1. The molecular formula is C27H19ClF3N5O4. The summed E-state index contributed by atoms with van der Waals surface area (Å²) in [5.74, 6) is -3.64. The molecule has 2 aromatic carbocycles. The monoisotopic (exact) mass is 569 g/mol. The van der Waals surface area contributed by atoms with E-state index in [0.29, 0.717) is 17.4 Å². The highest BCUT2D eigenvalue weighted by atomic mass is 35.5. The number of hydrogen-bond acceptors (Lipinski definition) is 7. The third-order valence-corrected chi connectivity index (χ3v) is 6.24. The van der Waals surface area contributed by atoms with Crippen molar-refractivity contribution >= 4 is 29.2 Å². The van der Waals surface area contributed by atoms with Crippen molar-refractivity contribution in [3.63, 3.8) is 0 Å². The van der Waals surface area contributed by atoms with Crippen molar-refractivity contribution < 1.29 is 32.2 Å². The van der Waals surface area contributed by atoms with Gasteiger partial charge in [-0.05, 0) is 29.8 Å². The molecule has 0 saturated carbocycles. The summed E-state index contributed by atoms with van der Waals surface area (Å²) < 4.78 is 52.5. The number of nitrogens with one attached hydrogen (secondary N) is 1. The summed E-state index contributed by atoms with van der Waals surface area (Å²) in [4.78, 5) is 40.0. The lowest BCUT2D eigenvalue weighted by Gasteiger charge is -2.24. The summed E-state index contributed by atoms with van der Waals surface area (Å²) in [7, 11) is 1.52. The first-order valence-electron chi connectivity index (χ1n) is 11.7. The number of nitrogens with zero attached hydrogens (tertiary/aromatic N) is 4. The van der Waals surface area contributed by atoms with Crippen molar-refractivity contribution in [1.29, 1.82) is 0 Å². The van der Waals surface area contributed by atoms with Crippen LogP contribution < -0.4 is 19.7 Å². The van der Waals surface area contributed by atoms with Gasteiger partial charge in [0.15, 0.2) is 11.6 Å². The van der Waals surface area contributed by atoms with E-state index in [1.165, 1.54) is 12.0 Å². The zero-order chi connectivity index (χ0) is 28.4. The lowest BCUT2D eigenvalue weighted by Crippen LogP contribution is -2.50. The van der Waals surface area contributed by atoms with Crippen molar-refractivity contribution in [2.45, 2.75) is 12.6 Å². The number of hydrogen-bond donors (Lipinski definition) is 1. The number of aromatic nitrogens is 3. The van der Waals surface area contributed by atoms with Crippen molar-refractivity contribution in [1.82, 2.24) is 20.3 Å². The third-order valence-electron chi connectivity index (χ3n) is 5.96. The fraction of sp³-hybridized carbons (Fsp3) is 0.148. The molecule has 3 heterocycles. The Hall–Kier alpha value is -4.71. The number of ether oxygens (including phenoxy) is 2. The SMILES string of the molecule is COc1ccc(CN2C(=O)[C@@H](NC(=O)c3ncc(Cl)c(-c4ccc(F)cc4F)n3)COc3cc(F)cnc32)cc1. The van der Waals surface area contributed by atoms with Crippen LogP contribution >= 0.6 is 11.6 Å². The van der Waals surface area contributed by atoms with Crippen LogP contribution in [0.5, 0.6) is 11.5 Å². The standard InChI is InChI=1S/C27H19ClF3N5O4/c1-39-17-5-2-14(3-6-17)12-36-25-22(9-16(30)10-33-25)40-13-21(27(36)38)34-26(37)24-32-11-19(28)23(35-24)18-7-4-15(29)8-20(18)31/h2-11,21H,12-13H2,1H3,(H,34,37)/t21-/m0/s1. The zero-order valence-corrected chi connectivity index (χ0v) is 21.5. The predicted molar refractivity (Wildman–Crippen MR) is 138 cm³/mol. The normalized spacial score (nSPS) is 14.7. The molecule has 2 amide bonds. The minimum Gasteiger partial charge on any atom is -0.497 e. The first-order valence-corrected chi connectivity index (χ1v) is 12.1. The van der Waals surface area contributed by atoms with Gasteiger partial charge in [0.1, 0.15) is 35.8 Å². The minimum absolute atomic E-state index is 0.00965. The second-order valence-electron chi connectivity index (χ2n) is 8.60. The number of carbonyl (C=O) groups is 2. The molecule has 9 nitrogen and oxygen atoms in total. The van der Waals surface area contributed by atoms with E-state index in [0.717, 1.165) is 30.6 Å². The largest absolute Gasteiger partial charge is 0.497 e. The Balaban J connectivity index is 1.43. The molecule has 4 aromatic rings. The highest BCUT2D eigenvalue weighted by Gasteiger charge is 2.34. The third kappa shape index (κ3) is 5.52. The van der Waals surface area contributed by atoms with E-state index in [1.54, 1.807) is 24.3 Å². The second kappa shape index (κ2) is 11.2. The molecule has 0 unspecified atom stereocenters. The van der Waals surface area contributed by atoms with Crippen LogP contribution in [0.2, 0.25) is 5.02 Å². The zero-order valence-electron chi connectivity index (χ0n) is 20.7. The summed E-state index contributed by atoms with van der Waals surface area (Å²) in [6, 6.07) is 9.55. The van der Waals surface area contributed by atoms with Crippen molar-refractivity contribution in [3.8, 4) is 22.8 Å². The lowest BCUT2D eigenvalue weighted by atomic mass is 10.1. The van der Waals surface area contributed by atoms with Crippen LogP contribution in [0.15, 0.2) is 60.9 Å². The van der Waals surface area contributed by atoms with Gasteiger partial charge in [-0.1, -0.05) is 23.7 Å². The number of rotatable bonds is 6. The fourth-order valence-corrected chi connectivity index (χ4v) is 4.19. The van der Waals surface area contributed by atoms with Gasteiger partial charge in [0.2, 0.25) is 5.82 Å². The maximum Gasteiger partial charge on any atom is 0.289 e. The quantitative estimate of drug-likeness (QED) is 0.368. The molecular weight excluding hydrogens is 551 g/mol. The molecule has 1 atom stereocenters. The van der Waals surface area contributed by atoms with Gasteiger partial charge in [0.05, 0.1) is 36.8 Å². The highest BCUT2D eigenvalue weighted by molar-refractivity contribution is 6.33. The van der Waals surface area contributed by atoms with Crippen LogP contribution in [0.3, 0.4) is 0 Å². The molecule has 0 bridgehead atoms. The number of benzene rings is 2. The average Bonchev–Trinajstić information content (AvgIpc) is 3.06. The van der Waals surface area contributed by atoms with E-state index in [1.807, 2.05) is 0 Å². The maximum absolute atomic E-state index is 14.4. The molecule has 2 aromatic heterocycles. The molecule has 0 aliphatic carbocycles. The van der Waals surface area contributed by atoms with Gasteiger partial charge in [0, 0.05) is 17.7 Å². The van der Waals surface area contributed by atoms with E-state index in [4.69, 9.17) is 21.1 Å². The van der Waals surface area contributed by atoms with Crippen LogP contribution in [-0.2, 0) is 11.3 Å². The lowest BCUT2D eigenvalue weighted by molar-refractivity contribution is -0.120. The van der Waals surface area contributed by atoms with E-state index >= 15 is 0 Å². The number of amides is 2. The number of pyridine rings is 1. The Bertz CT molecular complexity index is 1610. The Morgan fingerprint density at radius 2 is 1.88 bits per heavy atom. The fourth-order valence-electron chi connectivity index (χ4n) is 4.00. The predicted octanol–water partition coefficient (Wildman–Crippen LogP) is 4.34. The van der Waals surface area contributed by atoms with Gasteiger partial charge >= 0.3 is 0 Å². The van der Waals surface area contributed by atoms with Crippen LogP contribution in [0.1, 0.15) is 16.2 Å².